The van der Waals surface area contributed by atoms with Crippen molar-refractivity contribution in [1.29, 1.82) is 0 Å². The molecular weight excluding hydrogens is 264 g/mol. The van der Waals surface area contributed by atoms with Crippen LogP contribution in [0.3, 0.4) is 0 Å². The van der Waals surface area contributed by atoms with Gasteiger partial charge in [0.25, 0.3) is 0 Å². The van der Waals surface area contributed by atoms with Crippen LogP contribution in [0.4, 0.5) is 0 Å². The van der Waals surface area contributed by atoms with Crippen LogP contribution in [0.5, 0.6) is 0 Å². The van der Waals surface area contributed by atoms with E-state index in [2.05, 4.69) is 54.5 Å². The molecule has 118 valence electrons. The Bertz CT molecular complexity index is 297. The summed E-state index contributed by atoms with van der Waals surface area (Å²) in [4.78, 5) is 10.8. The largest absolute Gasteiger partial charge is 0.415 e. The normalized spacial score (nSPS) is 15.2. The van der Waals surface area contributed by atoms with Gasteiger partial charge < -0.3 is 4.43 Å². The van der Waals surface area contributed by atoms with Gasteiger partial charge in [-0.15, -0.1) is 0 Å². The highest BCUT2D eigenvalue weighted by Gasteiger charge is 2.45. The minimum Gasteiger partial charge on any atom is -0.415 e. The van der Waals surface area contributed by atoms with E-state index in [0.29, 0.717) is 22.5 Å². The first-order valence-electron chi connectivity index (χ1n) is 7.99. The SMILES string of the molecule is CC[C@@H](/C=C(/C)C=O)CO[Si](C(C)C)(C(C)C)C(C)C. The average molecular weight is 299 g/mol. The van der Waals surface area contributed by atoms with Crippen LogP contribution in [0.25, 0.3) is 0 Å². The van der Waals surface area contributed by atoms with Gasteiger partial charge in [-0.3, -0.25) is 4.79 Å². The number of allylic oxidation sites excluding steroid dienone is 1. The summed E-state index contributed by atoms with van der Waals surface area (Å²) in [5, 5.41) is 0. The second kappa shape index (κ2) is 8.78. The zero-order chi connectivity index (χ0) is 15.9. The molecule has 0 aliphatic heterocycles. The molecule has 0 fully saturated rings. The van der Waals surface area contributed by atoms with E-state index in [1.807, 2.05) is 6.92 Å². The lowest BCUT2D eigenvalue weighted by Crippen LogP contribution is -2.48. The number of aldehydes is 1. The van der Waals surface area contributed by atoms with Crippen molar-refractivity contribution in [3.63, 3.8) is 0 Å². The fourth-order valence-corrected chi connectivity index (χ4v) is 8.95. The molecule has 20 heavy (non-hydrogen) atoms. The lowest BCUT2D eigenvalue weighted by atomic mass is 10.1. The fourth-order valence-electron chi connectivity index (χ4n) is 3.45. The van der Waals surface area contributed by atoms with Gasteiger partial charge in [0.1, 0.15) is 6.29 Å². The minimum atomic E-state index is -1.79. The molecule has 2 nitrogen and oxygen atoms in total. The maximum Gasteiger partial charge on any atom is 0.200 e. The number of carbonyl (C=O) groups is 1. The van der Waals surface area contributed by atoms with Crippen molar-refractivity contribution in [3.05, 3.63) is 11.6 Å². The summed E-state index contributed by atoms with van der Waals surface area (Å²) in [6, 6.07) is 0. The lowest BCUT2D eigenvalue weighted by molar-refractivity contribution is -0.104. The van der Waals surface area contributed by atoms with Gasteiger partial charge in [0.15, 0.2) is 8.32 Å². The summed E-state index contributed by atoms with van der Waals surface area (Å²) in [6.45, 7) is 18.6. The first-order chi connectivity index (χ1) is 9.22. The molecule has 0 amide bonds. The van der Waals surface area contributed by atoms with Crippen molar-refractivity contribution >= 4 is 14.6 Å². The van der Waals surface area contributed by atoms with Gasteiger partial charge in [0, 0.05) is 6.61 Å². The molecule has 0 aliphatic carbocycles. The van der Waals surface area contributed by atoms with Gasteiger partial charge in [0.05, 0.1) is 0 Å². The number of rotatable bonds is 9. The molecule has 0 aromatic rings. The predicted molar refractivity (Wildman–Crippen MR) is 90.6 cm³/mol. The fraction of sp³-hybridized carbons (Fsp3) is 0.824. The lowest BCUT2D eigenvalue weighted by Gasteiger charge is -2.42. The molecule has 0 aliphatic rings. The van der Waals surface area contributed by atoms with Crippen molar-refractivity contribution in [2.75, 3.05) is 6.61 Å². The van der Waals surface area contributed by atoms with Gasteiger partial charge in [-0.1, -0.05) is 54.5 Å². The van der Waals surface area contributed by atoms with Gasteiger partial charge in [-0.25, -0.2) is 0 Å². The van der Waals surface area contributed by atoms with Crippen molar-refractivity contribution in [2.45, 2.75) is 78.4 Å². The molecule has 0 aromatic heterocycles. The monoisotopic (exact) mass is 298 g/mol. The van der Waals surface area contributed by atoms with Crippen molar-refractivity contribution in [2.24, 2.45) is 5.92 Å². The minimum absolute atomic E-state index is 0.350. The van der Waals surface area contributed by atoms with E-state index in [0.717, 1.165) is 24.9 Å². The summed E-state index contributed by atoms with van der Waals surface area (Å²) in [6.07, 6.45) is 4.01. The summed E-state index contributed by atoms with van der Waals surface area (Å²) in [5.74, 6) is 0.350. The molecule has 0 spiro atoms. The molecule has 0 radical (unpaired) electrons. The van der Waals surface area contributed by atoms with E-state index >= 15 is 0 Å². The molecule has 3 heteroatoms. The molecule has 0 saturated heterocycles. The standard InChI is InChI=1S/C17H34O2Si/c1-9-17(10-16(8)11-18)12-19-20(13(2)3,14(4)5)15(6)7/h10-11,13-15,17H,9,12H2,1-8H3/b16-10-/t17-/m0/s1. The van der Waals surface area contributed by atoms with Crippen LogP contribution >= 0.6 is 0 Å². The van der Waals surface area contributed by atoms with Gasteiger partial charge >= 0.3 is 0 Å². The molecule has 0 N–H and O–H groups in total. The highest BCUT2D eigenvalue weighted by atomic mass is 28.4. The van der Waals surface area contributed by atoms with E-state index in [4.69, 9.17) is 4.43 Å². The van der Waals surface area contributed by atoms with Crippen LogP contribution in [0.15, 0.2) is 11.6 Å². The first kappa shape index (κ1) is 19.6. The molecule has 0 unspecified atom stereocenters. The Labute approximate surface area is 127 Å². The maximum absolute atomic E-state index is 10.8. The van der Waals surface area contributed by atoms with Gasteiger partial charge in [-0.2, -0.15) is 0 Å². The van der Waals surface area contributed by atoms with E-state index in [1.165, 1.54) is 0 Å². The molecule has 0 saturated carbocycles. The van der Waals surface area contributed by atoms with Crippen LogP contribution in [0, 0.1) is 5.92 Å². The Kier molecular flexibility index (Phi) is 8.60. The molecule has 1 atom stereocenters. The summed E-state index contributed by atoms with van der Waals surface area (Å²) < 4.78 is 6.59. The van der Waals surface area contributed by atoms with E-state index in [1.54, 1.807) is 0 Å². The molecule has 0 bridgehead atoms. The summed E-state index contributed by atoms with van der Waals surface area (Å²) >= 11 is 0. The second-order valence-corrected chi connectivity index (χ2v) is 12.3. The third kappa shape index (κ3) is 4.85. The topological polar surface area (TPSA) is 26.3 Å². The van der Waals surface area contributed by atoms with Crippen LogP contribution in [0.2, 0.25) is 16.6 Å². The second-order valence-electron chi connectivity index (χ2n) is 6.83. The highest BCUT2D eigenvalue weighted by Crippen LogP contribution is 2.42. The third-order valence-electron chi connectivity index (χ3n) is 4.46. The number of hydrogen-bond acceptors (Lipinski definition) is 2. The van der Waals surface area contributed by atoms with Crippen LogP contribution in [-0.2, 0) is 9.22 Å². The Morgan fingerprint density at radius 2 is 1.50 bits per heavy atom. The van der Waals surface area contributed by atoms with Gasteiger partial charge in [-0.05, 0) is 41.5 Å². The maximum atomic E-state index is 10.8. The summed E-state index contributed by atoms with van der Waals surface area (Å²) in [7, 11) is -1.79. The third-order valence-corrected chi connectivity index (χ3v) is 10.5. The van der Waals surface area contributed by atoms with E-state index < -0.39 is 8.32 Å². The van der Waals surface area contributed by atoms with Crippen LogP contribution in [-0.4, -0.2) is 21.2 Å². The molecular formula is C17H34O2Si. The smallest absolute Gasteiger partial charge is 0.200 e. The summed E-state index contributed by atoms with van der Waals surface area (Å²) in [5.41, 5.74) is 2.63. The Balaban J connectivity index is 5.05. The molecule has 0 rings (SSSR count). The molecule has 0 heterocycles. The quantitative estimate of drug-likeness (QED) is 0.326. The van der Waals surface area contributed by atoms with Crippen molar-refractivity contribution in [3.8, 4) is 0 Å². The Morgan fingerprint density at radius 1 is 1.05 bits per heavy atom. The van der Waals surface area contributed by atoms with E-state index in [-0.39, 0.29) is 0 Å². The first-order valence-corrected chi connectivity index (χ1v) is 10.1. The van der Waals surface area contributed by atoms with Crippen molar-refractivity contribution in [1.82, 2.24) is 0 Å². The molecule has 0 aromatic carbocycles. The Morgan fingerprint density at radius 3 is 1.80 bits per heavy atom. The number of hydrogen-bond donors (Lipinski definition) is 0. The highest BCUT2D eigenvalue weighted by molar-refractivity contribution is 6.77. The van der Waals surface area contributed by atoms with Crippen molar-refractivity contribution < 1.29 is 9.22 Å². The average Bonchev–Trinajstić information content (AvgIpc) is 2.36. The van der Waals surface area contributed by atoms with Gasteiger partial charge in [0.2, 0.25) is 0 Å². The Hall–Kier alpha value is -0.413. The van der Waals surface area contributed by atoms with Crippen LogP contribution in [0.1, 0.15) is 61.8 Å². The van der Waals surface area contributed by atoms with Crippen LogP contribution < -0.4 is 0 Å². The number of carbonyl (C=O) groups excluding carboxylic acids is 1. The van der Waals surface area contributed by atoms with E-state index in [9.17, 15) is 4.79 Å². The zero-order valence-corrected chi connectivity index (χ0v) is 15.7. The zero-order valence-electron chi connectivity index (χ0n) is 14.7. The predicted octanol–water partition coefficient (Wildman–Crippen LogP) is 5.35.